The number of fused-ring (bicyclic) bond motifs is 2. The molecule has 2 aliphatic heterocycles. The van der Waals surface area contributed by atoms with Gasteiger partial charge in [-0.15, -0.1) is 0 Å². The van der Waals surface area contributed by atoms with E-state index in [0.29, 0.717) is 18.1 Å². The van der Waals surface area contributed by atoms with E-state index in [4.69, 9.17) is 0 Å². The molecule has 0 radical (unpaired) electrons. The highest BCUT2D eigenvalue weighted by Gasteiger charge is 2.42. The maximum Gasteiger partial charge on any atom is 0.208 e. The molecule has 4 nitrogen and oxygen atoms in total. The third kappa shape index (κ3) is 2.57. The van der Waals surface area contributed by atoms with Crippen LogP contribution in [0.4, 0.5) is 0 Å². The quantitative estimate of drug-likeness (QED) is 0.806. The van der Waals surface area contributed by atoms with Crippen LogP contribution in [0.1, 0.15) is 39.5 Å². The topological polar surface area (TPSA) is 49.4 Å². The minimum absolute atomic E-state index is 0.155. The molecular weight excluding hydrogens is 224 g/mol. The number of nitrogens with one attached hydrogen (secondary N) is 1. The van der Waals surface area contributed by atoms with Crippen LogP contribution in [0.25, 0.3) is 0 Å². The lowest BCUT2D eigenvalue weighted by Gasteiger charge is -2.41. The van der Waals surface area contributed by atoms with Gasteiger partial charge in [0, 0.05) is 24.2 Å². The molecule has 2 aliphatic rings. The zero-order valence-electron chi connectivity index (χ0n) is 10.3. The molecule has 2 rings (SSSR count). The van der Waals surface area contributed by atoms with E-state index in [-0.39, 0.29) is 6.04 Å². The van der Waals surface area contributed by atoms with Crippen LogP contribution in [0, 0.1) is 0 Å². The lowest BCUT2D eigenvalue weighted by molar-refractivity contribution is 0.0904. The van der Waals surface area contributed by atoms with E-state index in [9.17, 15) is 8.42 Å². The summed E-state index contributed by atoms with van der Waals surface area (Å²) in [4.78, 5) is 2.57. The van der Waals surface area contributed by atoms with Crippen LogP contribution < -0.4 is 4.72 Å². The number of hydrogen-bond acceptors (Lipinski definition) is 3. The molecule has 0 saturated carbocycles. The van der Waals surface area contributed by atoms with Gasteiger partial charge in [0.1, 0.15) is 0 Å². The summed E-state index contributed by atoms with van der Waals surface area (Å²) in [5.74, 6) is 0. The zero-order valence-corrected chi connectivity index (χ0v) is 11.1. The standard InChI is InChI=1S/C11H22N2O2S/c1-8(2)13-10-4-5-11(13)7-9(6-10)12-16(3,14)15/h8-12H,4-7H2,1-3H3/t9-,10+,11-. The van der Waals surface area contributed by atoms with Crippen LogP contribution in [0.5, 0.6) is 0 Å². The lowest BCUT2D eigenvalue weighted by atomic mass is 9.97. The average molecular weight is 246 g/mol. The van der Waals surface area contributed by atoms with Crippen molar-refractivity contribution in [2.45, 2.75) is 63.7 Å². The average Bonchev–Trinajstić information content (AvgIpc) is 2.36. The van der Waals surface area contributed by atoms with Crippen molar-refractivity contribution in [3.05, 3.63) is 0 Å². The van der Waals surface area contributed by atoms with Crippen LogP contribution in [0.15, 0.2) is 0 Å². The highest BCUT2D eigenvalue weighted by Crippen LogP contribution is 2.37. The van der Waals surface area contributed by atoms with Gasteiger partial charge in [-0.25, -0.2) is 13.1 Å². The predicted molar refractivity (Wildman–Crippen MR) is 64.8 cm³/mol. The highest BCUT2D eigenvalue weighted by molar-refractivity contribution is 7.88. The van der Waals surface area contributed by atoms with Gasteiger partial charge in [-0.1, -0.05) is 0 Å². The van der Waals surface area contributed by atoms with Gasteiger partial charge >= 0.3 is 0 Å². The van der Waals surface area contributed by atoms with Crippen LogP contribution in [-0.2, 0) is 10.0 Å². The second kappa shape index (κ2) is 4.27. The van der Waals surface area contributed by atoms with Crippen molar-refractivity contribution < 1.29 is 8.42 Å². The van der Waals surface area contributed by atoms with E-state index in [0.717, 1.165) is 12.8 Å². The molecular formula is C11H22N2O2S. The second-order valence-corrected chi connectivity index (χ2v) is 7.26. The van der Waals surface area contributed by atoms with E-state index in [2.05, 4.69) is 23.5 Å². The Bertz CT molecular complexity index is 339. The van der Waals surface area contributed by atoms with Crippen molar-refractivity contribution >= 4 is 10.0 Å². The Morgan fingerprint density at radius 1 is 1.19 bits per heavy atom. The van der Waals surface area contributed by atoms with Crippen LogP contribution in [0.3, 0.4) is 0 Å². The fourth-order valence-corrected chi connectivity index (χ4v) is 4.25. The van der Waals surface area contributed by atoms with Crippen molar-refractivity contribution in [2.24, 2.45) is 0 Å². The molecule has 0 unspecified atom stereocenters. The van der Waals surface area contributed by atoms with Crippen molar-refractivity contribution in [1.29, 1.82) is 0 Å². The molecule has 0 aromatic heterocycles. The summed E-state index contributed by atoms with van der Waals surface area (Å²) in [6.07, 6.45) is 5.66. The van der Waals surface area contributed by atoms with Gasteiger partial charge in [0.15, 0.2) is 0 Å². The SMILES string of the molecule is CC(C)N1[C@@H]2CC[C@H]1C[C@@H](NS(C)(=O)=O)C2. The first-order valence-corrected chi connectivity index (χ1v) is 8.00. The van der Waals surface area contributed by atoms with Gasteiger partial charge in [0.25, 0.3) is 0 Å². The summed E-state index contributed by atoms with van der Waals surface area (Å²) in [5.41, 5.74) is 0. The Kier molecular flexibility index (Phi) is 3.29. The first-order valence-electron chi connectivity index (χ1n) is 6.11. The molecule has 0 spiro atoms. The van der Waals surface area contributed by atoms with E-state index < -0.39 is 10.0 Å². The molecule has 3 atom stereocenters. The summed E-state index contributed by atoms with van der Waals surface area (Å²) in [6, 6.07) is 1.90. The summed E-state index contributed by atoms with van der Waals surface area (Å²) < 4.78 is 25.2. The monoisotopic (exact) mass is 246 g/mol. The highest BCUT2D eigenvalue weighted by atomic mass is 32.2. The van der Waals surface area contributed by atoms with Gasteiger partial charge in [0.2, 0.25) is 10.0 Å². The molecule has 0 aromatic carbocycles. The Labute approximate surface area is 98.4 Å². The molecule has 1 N–H and O–H groups in total. The third-order valence-electron chi connectivity index (χ3n) is 3.77. The van der Waals surface area contributed by atoms with Gasteiger partial charge in [-0.05, 0) is 39.5 Å². The minimum atomic E-state index is -3.05. The van der Waals surface area contributed by atoms with Gasteiger partial charge < -0.3 is 0 Å². The van der Waals surface area contributed by atoms with Crippen molar-refractivity contribution in [3.8, 4) is 0 Å². The van der Waals surface area contributed by atoms with Gasteiger partial charge in [0.05, 0.1) is 6.26 Å². The first kappa shape index (κ1) is 12.3. The number of nitrogens with zero attached hydrogens (tertiary/aromatic N) is 1. The van der Waals surface area contributed by atoms with Crippen molar-refractivity contribution in [1.82, 2.24) is 9.62 Å². The number of sulfonamides is 1. The fourth-order valence-electron chi connectivity index (χ4n) is 3.46. The smallest absolute Gasteiger partial charge is 0.208 e. The maximum absolute atomic E-state index is 11.2. The minimum Gasteiger partial charge on any atom is -0.295 e. The molecule has 0 aromatic rings. The van der Waals surface area contributed by atoms with Crippen LogP contribution in [0.2, 0.25) is 0 Å². The Balaban J connectivity index is 2.02. The van der Waals surface area contributed by atoms with E-state index in [1.807, 2.05) is 0 Å². The van der Waals surface area contributed by atoms with Crippen LogP contribution in [-0.4, -0.2) is 43.7 Å². The summed E-state index contributed by atoms with van der Waals surface area (Å²) in [6.45, 7) is 4.46. The number of rotatable bonds is 3. The first-order chi connectivity index (χ1) is 7.37. The molecule has 94 valence electrons. The maximum atomic E-state index is 11.2. The fraction of sp³-hybridized carbons (Fsp3) is 1.00. The number of piperidine rings is 1. The second-order valence-electron chi connectivity index (χ2n) is 5.48. The number of hydrogen-bond donors (Lipinski definition) is 1. The van der Waals surface area contributed by atoms with Gasteiger partial charge in [-0.2, -0.15) is 0 Å². The Morgan fingerprint density at radius 2 is 1.69 bits per heavy atom. The molecule has 2 bridgehead atoms. The van der Waals surface area contributed by atoms with Crippen LogP contribution >= 0.6 is 0 Å². The molecule has 16 heavy (non-hydrogen) atoms. The summed E-state index contributed by atoms with van der Waals surface area (Å²) >= 11 is 0. The largest absolute Gasteiger partial charge is 0.295 e. The summed E-state index contributed by atoms with van der Waals surface area (Å²) in [7, 11) is -3.05. The molecule has 0 aliphatic carbocycles. The molecule has 2 fully saturated rings. The molecule has 2 saturated heterocycles. The summed E-state index contributed by atoms with van der Waals surface area (Å²) in [5, 5.41) is 0. The Hall–Kier alpha value is -0.130. The van der Waals surface area contributed by atoms with Crippen molar-refractivity contribution in [2.75, 3.05) is 6.26 Å². The van der Waals surface area contributed by atoms with E-state index >= 15 is 0 Å². The van der Waals surface area contributed by atoms with E-state index in [1.54, 1.807) is 0 Å². The zero-order chi connectivity index (χ0) is 11.9. The predicted octanol–water partition coefficient (Wildman–Crippen LogP) is 0.939. The van der Waals surface area contributed by atoms with Gasteiger partial charge in [-0.3, -0.25) is 4.90 Å². The van der Waals surface area contributed by atoms with E-state index in [1.165, 1.54) is 19.1 Å². The molecule has 5 heteroatoms. The molecule has 0 amide bonds. The Morgan fingerprint density at radius 3 is 2.06 bits per heavy atom. The third-order valence-corrected chi connectivity index (χ3v) is 4.53. The van der Waals surface area contributed by atoms with Crippen molar-refractivity contribution in [3.63, 3.8) is 0 Å². The normalized spacial score (nSPS) is 35.9. The lowest BCUT2D eigenvalue weighted by Crippen LogP contribution is -2.52. The molecule has 2 heterocycles.